The van der Waals surface area contributed by atoms with Gasteiger partial charge in [0.15, 0.2) is 0 Å². The van der Waals surface area contributed by atoms with Gasteiger partial charge in [0, 0.05) is 13.1 Å². The standard InChI is InChI=1S/C12H20N2O5/c1-8(9(15)19-3)13-11(18)14-6-4-5-12(2,7-14)10(16)17/h8H,4-7H2,1-3H3,(H,13,18)(H,16,17). The van der Waals surface area contributed by atoms with Crippen LogP contribution >= 0.6 is 0 Å². The van der Waals surface area contributed by atoms with Crippen LogP contribution in [0.2, 0.25) is 0 Å². The maximum atomic E-state index is 12.0. The predicted octanol–water partition coefficient (Wildman–Crippen LogP) is 0.444. The lowest BCUT2D eigenvalue weighted by molar-refractivity contribution is -0.150. The first-order valence-electron chi connectivity index (χ1n) is 6.17. The van der Waals surface area contributed by atoms with Gasteiger partial charge in [0.05, 0.1) is 12.5 Å². The van der Waals surface area contributed by atoms with Crippen LogP contribution in [0.5, 0.6) is 0 Å². The zero-order chi connectivity index (χ0) is 14.6. The zero-order valence-electron chi connectivity index (χ0n) is 11.4. The smallest absolute Gasteiger partial charge is 0.328 e. The predicted molar refractivity (Wildman–Crippen MR) is 66.6 cm³/mol. The number of piperidine rings is 1. The average molecular weight is 272 g/mol. The molecule has 0 saturated carbocycles. The molecule has 7 nitrogen and oxygen atoms in total. The number of rotatable bonds is 3. The molecule has 1 saturated heterocycles. The van der Waals surface area contributed by atoms with Gasteiger partial charge in [-0.3, -0.25) is 4.79 Å². The molecule has 1 aliphatic rings. The van der Waals surface area contributed by atoms with E-state index in [-0.39, 0.29) is 6.54 Å². The molecule has 2 amide bonds. The summed E-state index contributed by atoms with van der Waals surface area (Å²) >= 11 is 0. The van der Waals surface area contributed by atoms with E-state index >= 15 is 0 Å². The van der Waals surface area contributed by atoms with Crippen LogP contribution in [-0.2, 0) is 14.3 Å². The number of nitrogens with one attached hydrogen (secondary N) is 1. The van der Waals surface area contributed by atoms with Crippen molar-refractivity contribution in [1.82, 2.24) is 10.2 Å². The minimum atomic E-state index is -0.926. The second-order valence-corrected chi connectivity index (χ2v) is 5.09. The molecule has 1 heterocycles. The van der Waals surface area contributed by atoms with Gasteiger partial charge in [-0.05, 0) is 26.7 Å². The Kier molecular flexibility index (Phi) is 4.74. The maximum Gasteiger partial charge on any atom is 0.328 e. The Bertz CT molecular complexity index is 384. The Labute approximate surface area is 111 Å². The third-order valence-electron chi connectivity index (χ3n) is 3.39. The number of carbonyl (C=O) groups excluding carboxylic acids is 2. The van der Waals surface area contributed by atoms with E-state index in [9.17, 15) is 19.5 Å². The minimum absolute atomic E-state index is 0.141. The topological polar surface area (TPSA) is 95.9 Å². The van der Waals surface area contributed by atoms with E-state index in [2.05, 4.69) is 10.1 Å². The number of carboxylic acids is 1. The number of carboxylic acid groups (broad SMARTS) is 1. The largest absolute Gasteiger partial charge is 0.481 e. The number of carbonyl (C=O) groups is 3. The molecule has 2 atom stereocenters. The first-order valence-corrected chi connectivity index (χ1v) is 6.17. The van der Waals surface area contributed by atoms with Crippen LogP contribution in [0.3, 0.4) is 0 Å². The summed E-state index contributed by atoms with van der Waals surface area (Å²) in [6.45, 7) is 3.77. The van der Waals surface area contributed by atoms with Crippen molar-refractivity contribution in [3.05, 3.63) is 0 Å². The molecule has 7 heteroatoms. The summed E-state index contributed by atoms with van der Waals surface area (Å²) in [6.07, 6.45) is 1.17. The highest BCUT2D eigenvalue weighted by atomic mass is 16.5. The monoisotopic (exact) mass is 272 g/mol. The van der Waals surface area contributed by atoms with Crippen molar-refractivity contribution in [1.29, 1.82) is 0 Å². The van der Waals surface area contributed by atoms with Crippen LogP contribution in [0, 0.1) is 5.41 Å². The highest BCUT2D eigenvalue weighted by Gasteiger charge is 2.39. The molecule has 1 fully saturated rings. The number of aliphatic carboxylic acids is 1. The fraction of sp³-hybridized carbons (Fsp3) is 0.750. The maximum absolute atomic E-state index is 12.0. The summed E-state index contributed by atoms with van der Waals surface area (Å²) in [6, 6.07) is -1.19. The van der Waals surface area contributed by atoms with Crippen molar-refractivity contribution in [2.45, 2.75) is 32.7 Å². The number of urea groups is 1. The van der Waals surface area contributed by atoms with E-state index in [1.54, 1.807) is 6.92 Å². The van der Waals surface area contributed by atoms with Crippen LogP contribution < -0.4 is 5.32 Å². The van der Waals surface area contributed by atoms with Crippen LogP contribution in [-0.4, -0.2) is 54.2 Å². The second kappa shape index (κ2) is 5.90. The molecule has 0 radical (unpaired) electrons. The number of hydrogen-bond donors (Lipinski definition) is 2. The summed E-state index contributed by atoms with van der Waals surface area (Å²) in [5.74, 6) is -1.45. The number of ether oxygens (including phenoxy) is 1. The van der Waals surface area contributed by atoms with Crippen LogP contribution in [0.4, 0.5) is 4.79 Å². The molecule has 19 heavy (non-hydrogen) atoms. The normalized spacial score (nSPS) is 24.5. The van der Waals surface area contributed by atoms with E-state index in [0.29, 0.717) is 19.4 Å². The lowest BCUT2D eigenvalue weighted by Gasteiger charge is -2.37. The number of esters is 1. The fourth-order valence-corrected chi connectivity index (χ4v) is 2.10. The van der Waals surface area contributed by atoms with E-state index in [1.165, 1.54) is 18.9 Å². The van der Waals surface area contributed by atoms with Crippen molar-refractivity contribution in [3.63, 3.8) is 0 Å². The number of amides is 2. The van der Waals surface area contributed by atoms with Gasteiger partial charge in [-0.2, -0.15) is 0 Å². The van der Waals surface area contributed by atoms with E-state index in [4.69, 9.17) is 0 Å². The summed E-state index contributed by atoms with van der Waals surface area (Å²) in [7, 11) is 1.24. The highest BCUT2D eigenvalue weighted by molar-refractivity contribution is 5.84. The van der Waals surface area contributed by atoms with E-state index < -0.39 is 29.4 Å². The summed E-state index contributed by atoms with van der Waals surface area (Å²) in [4.78, 5) is 35.8. The van der Waals surface area contributed by atoms with Crippen molar-refractivity contribution in [2.24, 2.45) is 5.41 Å². The van der Waals surface area contributed by atoms with Crippen molar-refractivity contribution in [3.8, 4) is 0 Å². The lowest BCUT2D eigenvalue weighted by atomic mass is 9.82. The Balaban J connectivity index is 2.63. The number of nitrogens with zero attached hydrogens (tertiary/aromatic N) is 1. The van der Waals surface area contributed by atoms with Gasteiger partial charge in [-0.1, -0.05) is 0 Å². The summed E-state index contributed by atoms with van der Waals surface area (Å²) < 4.78 is 4.51. The highest BCUT2D eigenvalue weighted by Crippen LogP contribution is 2.29. The lowest BCUT2D eigenvalue weighted by Crippen LogP contribution is -2.54. The van der Waals surface area contributed by atoms with Gasteiger partial charge < -0.3 is 20.1 Å². The minimum Gasteiger partial charge on any atom is -0.481 e. The molecule has 0 aromatic carbocycles. The molecule has 0 bridgehead atoms. The molecule has 0 aromatic heterocycles. The Morgan fingerprint density at radius 2 is 2.05 bits per heavy atom. The van der Waals surface area contributed by atoms with Gasteiger partial charge in [0.25, 0.3) is 0 Å². The van der Waals surface area contributed by atoms with Crippen LogP contribution in [0.1, 0.15) is 26.7 Å². The molecule has 0 aliphatic carbocycles. The van der Waals surface area contributed by atoms with Gasteiger partial charge >= 0.3 is 18.0 Å². The number of methoxy groups -OCH3 is 1. The van der Waals surface area contributed by atoms with Gasteiger partial charge in [-0.15, -0.1) is 0 Å². The van der Waals surface area contributed by atoms with Crippen molar-refractivity contribution >= 4 is 18.0 Å². The number of likely N-dealkylation sites (tertiary alicyclic amines) is 1. The molecule has 1 aliphatic heterocycles. The second-order valence-electron chi connectivity index (χ2n) is 5.09. The third-order valence-corrected chi connectivity index (χ3v) is 3.39. The summed E-state index contributed by atoms with van der Waals surface area (Å²) in [5, 5.41) is 11.7. The van der Waals surface area contributed by atoms with E-state index in [1.807, 2.05) is 0 Å². The molecule has 1 rings (SSSR count). The van der Waals surface area contributed by atoms with Crippen molar-refractivity contribution < 1.29 is 24.2 Å². The molecule has 108 valence electrons. The molecule has 0 spiro atoms. The Morgan fingerprint density at radius 3 is 2.58 bits per heavy atom. The average Bonchev–Trinajstić information content (AvgIpc) is 2.37. The zero-order valence-corrected chi connectivity index (χ0v) is 11.4. The van der Waals surface area contributed by atoms with Gasteiger partial charge in [0.2, 0.25) is 0 Å². The quantitative estimate of drug-likeness (QED) is 0.727. The first-order chi connectivity index (χ1) is 8.80. The molecular weight excluding hydrogens is 252 g/mol. The molecule has 0 aromatic rings. The van der Waals surface area contributed by atoms with Gasteiger partial charge in [0.1, 0.15) is 6.04 Å². The van der Waals surface area contributed by atoms with Crippen LogP contribution in [0.15, 0.2) is 0 Å². The molecule has 2 N–H and O–H groups in total. The first kappa shape index (κ1) is 15.3. The third kappa shape index (κ3) is 3.59. The Morgan fingerprint density at radius 1 is 1.42 bits per heavy atom. The molecular formula is C12H20N2O5. The number of hydrogen-bond acceptors (Lipinski definition) is 4. The molecule has 2 unspecified atom stereocenters. The Hall–Kier alpha value is -1.79. The van der Waals surface area contributed by atoms with E-state index in [0.717, 1.165) is 0 Å². The SMILES string of the molecule is COC(=O)C(C)NC(=O)N1CCCC(C)(C(=O)O)C1. The van der Waals surface area contributed by atoms with Gasteiger partial charge in [-0.25, -0.2) is 9.59 Å². The fourth-order valence-electron chi connectivity index (χ4n) is 2.10. The van der Waals surface area contributed by atoms with Crippen LogP contribution in [0.25, 0.3) is 0 Å². The summed E-state index contributed by atoms with van der Waals surface area (Å²) in [5.41, 5.74) is -0.926. The van der Waals surface area contributed by atoms with Crippen molar-refractivity contribution in [2.75, 3.05) is 20.2 Å².